The van der Waals surface area contributed by atoms with Crippen LogP contribution in [0.3, 0.4) is 0 Å². The van der Waals surface area contributed by atoms with Gasteiger partial charge in [-0.05, 0) is 36.6 Å². The number of carbonyl (C=O) groups excluding carboxylic acids is 3. The van der Waals surface area contributed by atoms with Crippen molar-refractivity contribution in [3.8, 4) is 0 Å². The van der Waals surface area contributed by atoms with Crippen molar-refractivity contribution in [3.63, 3.8) is 0 Å². The maximum absolute atomic E-state index is 12.8. The fraction of sp³-hybridized carbons (Fsp3) is 0.526. The van der Waals surface area contributed by atoms with Gasteiger partial charge in [-0.3, -0.25) is 19.7 Å². The molecule has 2 saturated heterocycles. The molecule has 144 valence electrons. The van der Waals surface area contributed by atoms with E-state index in [4.69, 9.17) is 0 Å². The van der Waals surface area contributed by atoms with Crippen LogP contribution in [-0.4, -0.2) is 59.0 Å². The Labute approximate surface area is 157 Å². The lowest BCUT2D eigenvalue weighted by Gasteiger charge is -2.29. The van der Waals surface area contributed by atoms with Crippen molar-refractivity contribution < 1.29 is 19.5 Å². The average molecular weight is 372 g/mol. The summed E-state index contributed by atoms with van der Waals surface area (Å²) in [6.07, 6.45) is 1.06. The van der Waals surface area contributed by atoms with Gasteiger partial charge in [0.25, 0.3) is 5.91 Å². The predicted molar refractivity (Wildman–Crippen MR) is 96.6 cm³/mol. The number of rotatable bonds is 4. The van der Waals surface area contributed by atoms with Crippen molar-refractivity contribution in [3.05, 3.63) is 34.9 Å². The minimum absolute atomic E-state index is 0.0372. The summed E-state index contributed by atoms with van der Waals surface area (Å²) < 4.78 is 0. The van der Waals surface area contributed by atoms with Crippen LogP contribution in [-0.2, 0) is 22.7 Å². The third kappa shape index (κ3) is 3.60. The number of hydrogen-bond donors (Lipinski definition) is 4. The Kier molecular flexibility index (Phi) is 4.94. The molecule has 3 aliphatic heterocycles. The molecule has 0 aromatic heterocycles. The van der Waals surface area contributed by atoms with Gasteiger partial charge in [0.05, 0.1) is 6.10 Å². The Hall–Kier alpha value is -2.29. The molecule has 0 aliphatic carbocycles. The molecule has 0 radical (unpaired) electrons. The van der Waals surface area contributed by atoms with Crippen LogP contribution in [0, 0.1) is 0 Å². The first-order chi connectivity index (χ1) is 13.0. The molecule has 8 heteroatoms. The van der Waals surface area contributed by atoms with Crippen LogP contribution in [0.2, 0.25) is 0 Å². The zero-order valence-corrected chi connectivity index (χ0v) is 15.0. The Morgan fingerprint density at radius 2 is 2.07 bits per heavy atom. The Morgan fingerprint density at radius 3 is 2.85 bits per heavy atom. The minimum atomic E-state index is -0.589. The fourth-order valence-electron chi connectivity index (χ4n) is 4.04. The van der Waals surface area contributed by atoms with Crippen molar-refractivity contribution in [2.24, 2.45) is 0 Å². The molecule has 2 fully saturated rings. The number of nitrogens with zero attached hydrogens (tertiary/aromatic N) is 1. The molecular weight excluding hydrogens is 348 g/mol. The lowest BCUT2D eigenvalue weighted by molar-refractivity contribution is -0.136. The van der Waals surface area contributed by atoms with Crippen molar-refractivity contribution in [1.29, 1.82) is 0 Å². The first kappa shape index (κ1) is 18.1. The Morgan fingerprint density at radius 1 is 1.22 bits per heavy atom. The van der Waals surface area contributed by atoms with Gasteiger partial charge >= 0.3 is 0 Å². The standard InChI is InChI=1S/C19H24N4O4/c24-16-9-20-6-5-14(16)21-8-11-1-2-12-10-23(19(27)13(12)7-11)15-3-4-17(25)22-18(15)26/h1-2,7,14-16,20-21,24H,3-6,8-10H2,(H,22,25,26)/t14-,15?,16+/m0/s1. The first-order valence-electron chi connectivity index (χ1n) is 9.41. The fourth-order valence-corrected chi connectivity index (χ4v) is 4.04. The first-order valence-corrected chi connectivity index (χ1v) is 9.41. The molecule has 4 N–H and O–H groups in total. The number of carbonyl (C=O) groups is 3. The molecule has 8 nitrogen and oxygen atoms in total. The Bertz CT molecular complexity index is 781. The number of imide groups is 1. The number of fused-ring (bicyclic) bond motifs is 1. The van der Waals surface area contributed by atoms with E-state index >= 15 is 0 Å². The summed E-state index contributed by atoms with van der Waals surface area (Å²) in [7, 11) is 0. The van der Waals surface area contributed by atoms with Gasteiger partial charge in [-0.2, -0.15) is 0 Å². The minimum Gasteiger partial charge on any atom is -0.390 e. The topological polar surface area (TPSA) is 111 Å². The number of piperidine rings is 2. The van der Waals surface area contributed by atoms with Crippen LogP contribution in [0.25, 0.3) is 0 Å². The summed E-state index contributed by atoms with van der Waals surface area (Å²) in [6.45, 7) is 2.42. The van der Waals surface area contributed by atoms with Gasteiger partial charge in [0.15, 0.2) is 0 Å². The van der Waals surface area contributed by atoms with Gasteiger partial charge in [-0.15, -0.1) is 0 Å². The lowest BCUT2D eigenvalue weighted by atomic mass is 10.0. The van der Waals surface area contributed by atoms with E-state index in [1.807, 2.05) is 18.2 Å². The maximum Gasteiger partial charge on any atom is 0.255 e. The lowest BCUT2D eigenvalue weighted by Crippen LogP contribution is -2.52. The molecule has 1 aromatic rings. The van der Waals surface area contributed by atoms with Crippen LogP contribution < -0.4 is 16.0 Å². The van der Waals surface area contributed by atoms with Crippen molar-refractivity contribution in [2.75, 3.05) is 13.1 Å². The van der Waals surface area contributed by atoms with Gasteiger partial charge in [0.1, 0.15) is 6.04 Å². The molecule has 3 aliphatic rings. The third-order valence-electron chi connectivity index (χ3n) is 5.61. The molecule has 3 atom stereocenters. The number of hydrogen-bond acceptors (Lipinski definition) is 6. The summed E-state index contributed by atoms with van der Waals surface area (Å²) in [5.74, 6) is -0.841. The van der Waals surface area contributed by atoms with Gasteiger partial charge < -0.3 is 20.6 Å². The highest BCUT2D eigenvalue weighted by Gasteiger charge is 2.39. The van der Waals surface area contributed by atoms with Crippen molar-refractivity contribution in [1.82, 2.24) is 20.9 Å². The van der Waals surface area contributed by atoms with Crippen molar-refractivity contribution in [2.45, 2.75) is 50.5 Å². The van der Waals surface area contributed by atoms with E-state index < -0.39 is 18.1 Å². The summed E-state index contributed by atoms with van der Waals surface area (Å²) in [5, 5.41) is 18.8. The molecule has 27 heavy (non-hydrogen) atoms. The number of nitrogens with one attached hydrogen (secondary N) is 3. The van der Waals surface area contributed by atoms with Crippen LogP contribution in [0.1, 0.15) is 40.7 Å². The zero-order chi connectivity index (χ0) is 19.0. The van der Waals surface area contributed by atoms with E-state index in [0.29, 0.717) is 31.6 Å². The third-order valence-corrected chi connectivity index (χ3v) is 5.61. The summed E-state index contributed by atoms with van der Waals surface area (Å²) in [5.41, 5.74) is 2.48. The highest BCUT2D eigenvalue weighted by atomic mass is 16.3. The van der Waals surface area contributed by atoms with E-state index in [0.717, 1.165) is 24.1 Å². The molecule has 1 aromatic carbocycles. The van der Waals surface area contributed by atoms with E-state index in [1.165, 1.54) is 0 Å². The van der Waals surface area contributed by atoms with Gasteiger partial charge in [0.2, 0.25) is 11.8 Å². The van der Waals surface area contributed by atoms with Crippen LogP contribution >= 0.6 is 0 Å². The number of aliphatic hydroxyl groups is 1. The van der Waals surface area contributed by atoms with E-state index in [1.54, 1.807) is 4.90 Å². The van der Waals surface area contributed by atoms with Crippen LogP contribution in [0.5, 0.6) is 0 Å². The predicted octanol–water partition coefficient (Wildman–Crippen LogP) is -0.740. The second kappa shape index (κ2) is 7.38. The Balaban J connectivity index is 1.43. The number of β-amino-alcohol motifs (C(OH)–C–C–N with tert-alkyl or cyclic N) is 1. The summed E-state index contributed by atoms with van der Waals surface area (Å²) >= 11 is 0. The monoisotopic (exact) mass is 372 g/mol. The number of benzene rings is 1. The normalized spacial score (nSPS) is 28.3. The molecular formula is C19H24N4O4. The molecule has 0 bridgehead atoms. The van der Waals surface area contributed by atoms with Gasteiger partial charge in [-0.1, -0.05) is 12.1 Å². The second-order valence-electron chi connectivity index (χ2n) is 7.44. The number of amides is 3. The highest BCUT2D eigenvalue weighted by molar-refractivity contribution is 6.05. The maximum atomic E-state index is 12.8. The second-order valence-corrected chi connectivity index (χ2v) is 7.44. The van der Waals surface area contributed by atoms with E-state index in [2.05, 4.69) is 16.0 Å². The van der Waals surface area contributed by atoms with Crippen LogP contribution in [0.4, 0.5) is 0 Å². The molecule has 0 saturated carbocycles. The van der Waals surface area contributed by atoms with Gasteiger partial charge in [-0.25, -0.2) is 0 Å². The smallest absolute Gasteiger partial charge is 0.255 e. The zero-order valence-electron chi connectivity index (χ0n) is 15.0. The van der Waals surface area contributed by atoms with E-state index in [9.17, 15) is 19.5 Å². The molecule has 3 heterocycles. The van der Waals surface area contributed by atoms with Gasteiger partial charge in [0, 0.05) is 37.7 Å². The largest absolute Gasteiger partial charge is 0.390 e. The average Bonchev–Trinajstić information content (AvgIpc) is 2.97. The summed E-state index contributed by atoms with van der Waals surface area (Å²) in [6, 6.07) is 5.21. The van der Waals surface area contributed by atoms with E-state index in [-0.39, 0.29) is 24.3 Å². The number of aliphatic hydroxyl groups excluding tert-OH is 1. The van der Waals surface area contributed by atoms with Crippen molar-refractivity contribution >= 4 is 17.7 Å². The molecule has 4 rings (SSSR count). The van der Waals surface area contributed by atoms with Crippen LogP contribution in [0.15, 0.2) is 18.2 Å². The highest BCUT2D eigenvalue weighted by Crippen LogP contribution is 2.28. The SMILES string of the molecule is O=C1CCC(N2Cc3ccc(CN[C@H]4CCNC[C@H]4O)cc3C2=O)C(=O)N1. The molecule has 3 amide bonds. The quantitative estimate of drug-likeness (QED) is 0.518. The molecule has 0 spiro atoms. The summed E-state index contributed by atoms with van der Waals surface area (Å²) in [4.78, 5) is 37.8. The molecule has 1 unspecified atom stereocenters.